The number of hydrogen-bond donors (Lipinski definition) is 1. The maximum Gasteiger partial charge on any atom is 0.0278 e. The van der Waals surface area contributed by atoms with Crippen LogP contribution in [0.3, 0.4) is 0 Å². The lowest BCUT2D eigenvalue weighted by Crippen LogP contribution is -2.64. The van der Waals surface area contributed by atoms with Gasteiger partial charge in [0.25, 0.3) is 0 Å². The van der Waals surface area contributed by atoms with E-state index in [0.717, 1.165) is 18.5 Å². The lowest BCUT2D eigenvalue weighted by molar-refractivity contribution is 0.0347. The fourth-order valence-corrected chi connectivity index (χ4v) is 4.77. The third-order valence-corrected chi connectivity index (χ3v) is 6.43. The highest BCUT2D eigenvalue weighted by atomic mass is 32.1. The smallest absolute Gasteiger partial charge is 0.0278 e. The van der Waals surface area contributed by atoms with Crippen LogP contribution in [0.2, 0.25) is 0 Å². The van der Waals surface area contributed by atoms with Crippen molar-refractivity contribution >= 4 is 11.3 Å². The summed E-state index contributed by atoms with van der Waals surface area (Å²) in [5.74, 6) is 0.909. The minimum Gasteiger partial charge on any atom is -0.309 e. The van der Waals surface area contributed by atoms with Gasteiger partial charge in [0.2, 0.25) is 0 Å². The van der Waals surface area contributed by atoms with E-state index in [9.17, 15) is 0 Å². The van der Waals surface area contributed by atoms with Crippen LogP contribution in [0, 0.1) is 5.92 Å². The van der Waals surface area contributed by atoms with Crippen molar-refractivity contribution in [2.45, 2.75) is 70.5 Å². The summed E-state index contributed by atoms with van der Waals surface area (Å²) in [6.45, 7) is 8.23. The third kappa shape index (κ3) is 3.69. The van der Waals surface area contributed by atoms with Crippen molar-refractivity contribution < 1.29 is 0 Å². The minimum absolute atomic E-state index is 0.293. The molecule has 1 saturated carbocycles. The summed E-state index contributed by atoms with van der Waals surface area (Å²) < 4.78 is 0. The highest BCUT2D eigenvalue weighted by Crippen LogP contribution is 2.33. The van der Waals surface area contributed by atoms with Gasteiger partial charge in [-0.05, 0) is 54.5 Å². The summed E-state index contributed by atoms with van der Waals surface area (Å²) in [7, 11) is 0. The zero-order valence-electron chi connectivity index (χ0n) is 13.6. The molecule has 1 aliphatic heterocycles. The van der Waals surface area contributed by atoms with E-state index in [-0.39, 0.29) is 0 Å². The Bertz CT molecular complexity index is 424. The zero-order valence-corrected chi connectivity index (χ0v) is 14.4. The fourth-order valence-electron chi connectivity index (χ4n) is 4.11. The normalized spacial score (nSPS) is 32.4. The lowest BCUT2D eigenvalue weighted by Gasteiger charge is -2.49. The molecule has 1 aliphatic carbocycles. The molecule has 1 aromatic heterocycles. The second kappa shape index (κ2) is 6.80. The molecule has 2 aliphatic rings. The lowest BCUT2D eigenvalue weighted by atomic mass is 9.80. The summed E-state index contributed by atoms with van der Waals surface area (Å²) >= 11 is 1.83. The van der Waals surface area contributed by atoms with Crippen LogP contribution in [-0.4, -0.2) is 29.6 Å². The standard InChI is InChI=1S/C18H30N2S/c1-3-18(2)14-20(12-15-9-10-21-13-15)17(11-19-18)16-7-5-4-6-8-16/h9-10,13,16-17,19H,3-8,11-12,14H2,1-2H3. The molecule has 2 atom stereocenters. The first-order chi connectivity index (χ1) is 10.2. The Morgan fingerprint density at radius 1 is 1.33 bits per heavy atom. The molecule has 0 spiro atoms. The molecule has 2 heterocycles. The van der Waals surface area contributed by atoms with Crippen molar-refractivity contribution in [1.82, 2.24) is 10.2 Å². The molecule has 3 rings (SSSR count). The molecule has 1 aromatic rings. The third-order valence-electron chi connectivity index (χ3n) is 5.70. The molecule has 118 valence electrons. The summed E-state index contributed by atoms with van der Waals surface area (Å²) in [5.41, 5.74) is 1.79. The van der Waals surface area contributed by atoms with Crippen molar-refractivity contribution in [2.75, 3.05) is 13.1 Å². The van der Waals surface area contributed by atoms with E-state index in [0.29, 0.717) is 5.54 Å². The van der Waals surface area contributed by atoms with Crippen LogP contribution in [-0.2, 0) is 6.54 Å². The molecule has 2 fully saturated rings. The van der Waals surface area contributed by atoms with Crippen LogP contribution >= 0.6 is 11.3 Å². The van der Waals surface area contributed by atoms with Gasteiger partial charge in [0, 0.05) is 31.2 Å². The fraction of sp³-hybridized carbons (Fsp3) is 0.778. The molecule has 2 nitrogen and oxygen atoms in total. The second-order valence-corrected chi connectivity index (χ2v) is 8.08. The molecular formula is C18H30N2S. The highest BCUT2D eigenvalue weighted by Gasteiger charge is 2.38. The topological polar surface area (TPSA) is 15.3 Å². The SMILES string of the molecule is CCC1(C)CN(Cc2ccsc2)C(C2CCCCC2)CN1. The molecule has 3 heteroatoms. The van der Waals surface area contributed by atoms with E-state index in [2.05, 4.69) is 40.9 Å². The first-order valence-electron chi connectivity index (χ1n) is 8.70. The maximum atomic E-state index is 3.86. The molecular weight excluding hydrogens is 276 g/mol. The number of thiophene rings is 1. The molecule has 1 N–H and O–H groups in total. The molecule has 0 radical (unpaired) electrons. The van der Waals surface area contributed by atoms with Crippen LogP contribution in [0.4, 0.5) is 0 Å². The summed E-state index contributed by atoms with van der Waals surface area (Å²) in [6.07, 6.45) is 8.43. The molecule has 21 heavy (non-hydrogen) atoms. The van der Waals surface area contributed by atoms with Crippen molar-refractivity contribution in [1.29, 1.82) is 0 Å². The number of nitrogens with one attached hydrogen (secondary N) is 1. The van der Waals surface area contributed by atoms with Gasteiger partial charge in [0.15, 0.2) is 0 Å². The predicted molar refractivity (Wildman–Crippen MR) is 91.8 cm³/mol. The van der Waals surface area contributed by atoms with Crippen molar-refractivity contribution in [2.24, 2.45) is 5.92 Å². The maximum absolute atomic E-state index is 3.86. The van der Waals surface area contributed by atoms with Gasteiger partial charge in [-0.15, -0.1) is 0 Å². The van der Waals surface area contributed by atoms with E-state index >= 15 is 0 Å². The number of rotatable bonds is 4. The predicted octanol–water partition coefficient (Wildman–Crippen LogP) is 4.27. The van der Waals surface area contributed by atoms with Gasteiger partial charge in [-0.3, -0.25) is 4.90 Å². The summed E-state index contributed by atoms with van der Waals surface area (Å²) in [5, 5.41) is 8.40. The van der Waals surface area contributed by atoms with Crippen LogP contribution in [0.5, 0.6) is 0 Å². The van der Waals surface area contributed by atoms with E-state index in [1.54, 1.807) is 0 Å². The number of nitrogens with zero attached hydrogens (tertiary/aromatic N) is 1. The molecule has 2 unspecified atom stereocenters. The Labute approximate surface area is 133 Å². The second-order valence-electron chi connectivity index (χ2n) is 7.30. The van der Waals surface area contributed by atoms with Gasteiger partial charge < -0.3 is 5.32 Å². The number of hydrogen-bond acceptors (Lipinski definition) is 3. The van der Waals surface area contributed by atoms with Gasteiger partial charge in [-0.1, -0.05) is 26.2 Å². The average Bonchev–Trinajstić information content (AvgIpc) is 3.01. The number of piperazine rings is 1. The Morgan fingerprint density at radius 2 is 2.14 bits per heavy atom. The Kier molecular flexibility index (Phi) is 5.03. The van der Waals surface area contributed by atoms with Crippen LogP contribution in [0.15, 0.2) is 16.8 Å². The van der Waals surface area contributed by atoms with Crippen LogP contribution in [0.1, 0.15) is 57.9 Å². The van der Waals surface area contributed by atoms with Gasteiger partial charge in [0.05, 0.1) is 0 Å². The monoisotopic (exact) mass is 306 g/mol. The Morgan fingerprint density at radius 3 is 2.81 bits per heavy atom. The molecule has 1 saturated heterocycles. The minimum atomic E-state index is 0.293. The summed E-state index contributed by atoms with van der Waals surface area (Å²) in [6, 6.07) is 3.04. The van der Waals surface area contributed by atoms with E-state index in [1.165, 1.54) is 57.2 Å². The van der Waals surface area contributed by atoms with E-state index in [1.807, 2.05) is 11.3 Å². The Balaban J connectivity index is 1.73. The van der Waals surface area contributed by atoms with E-state index < -0.39 is 0 Å². The van der Waals surface area contributed by atoms with E-state index in [4.69, 9.17) is 0 Å². The van der Waals surface area contributed by atoms with Gasteiger partial charge in [-0.25, -0.2) is 0 Å². The first kappa shape index (κ1) is 15.5. The Hall–Kier alpha value is -0.380. The van der Waals surface area contributed by atoms with Gasteiger partial charge in [-0.2, -0.15) is 11.3 Å². The molecule has 0 amide bonds. The molecule has 0 bridgehead atoms. The average molecular weight is 307 g/mol. The van der Waals surface area contributed by atoms with Gasteiger partial charge in [0.1, 0.15) is 0 Å². The highest BCUT2D eigenvalue weighted by molar-refractivity contribution is 7.07. The quantitative estimate of drug-likeness (QED) is 0.893. The van der Waals surface area contributed by atoms with Crippen molar-refractivity contribution in [3.63, 3.8) is 0 Å². The largest absolute Gasteiger partial charge is 0.309 e. The van der Waals surface area contributed by atoms with Gasteiger partial charge >= 0.3 is 0 Å². The molecule has 0 aromatic carbocycles. The first-order valence-corrected chi connectivity index (χ1v) is 9.64. The summed E-state index contributed by atoms with van der Waals surface area (Å²) in [4.78, 5) is 2.79. The van der Waals surface area contributed by atoms with Crippen molar-refractivity contribution in [3.05, 3.63) is 22.4 Å². The zero-order chi connectivity index (χ0) is 14.7. The van der Waals surface area contributed by atoms with Crippen LogP contribution in [0.25, 0.3) is 0 Å². The van der Waals surface area contributed by atoms with Crippen molar-refractivity contribution in [3.8, 4) is 0 Å². The van der Waals surface area contributed by atoms with Crippen LogP contribution < -0.4 is 5.32 Å².